The molecule has 16 heavy (non-hydrogen) atoms. The number of carboxylic acid groups (broad SMARTS) is 2. The summed E-state index contributed by atoms with van der Waals surface area (Å²) in [5, 5.41) is 24.7. The summed E-state index contributed by atoms with van der Waals surface area (Å²) in [6.07, 6.45) is 0.719. The first-order valence-corrected chi connectivity index (χ1v) is 4.81. The van der Waals surface area contributed by atoms with E-state index in [1.54, 1.807) is 18.2 Å². The third-order valence-corrected chi connectivity index (χ3v) is 1.75. The molecule has 92 valence electrons. The first kappa shape index (κ1) is 14.4. The molecule has 0 bridgehead atoms. The summed E-state index contributed by atoms with van der Waals surface area (Å²) >= 11 is 0. The third kappa shape index (κ3) is 7.74. The fraction of sp³-hybridized carbons (Fsp3) is 0.667. The number of aliphatic hydroxyl groups excluding tert-OH is 1. The number of rotatable bonds is 4. The molecule has 3 N–H and O–H groups in total. The Balaban J connectivity index is 0.000000281. The van der Waals surface area contributed by atoms with E-state index in [2.05, 4.69) is 4.99 Å². The number of hydrogen-bond donors (Lipinski definition) is 3. The topological polar surface area (TPSA) is 110 Å². The van der Waals surface area contributed by atoms with Crippen molar-refractivity contribution in [2.24, 2.45) is 4.99 Å². The van der Waals surface area contributed by atoms with Gasteiger partial charge in [-0.25, -0.2) is 0 Å². The van der Waals surface area contributed by atoms with E-state index in [4.69, 9.17) is 15.3 Å². The largest absolute Gasteiger partial charge is 0.481 e. The molecule has 0 saturated heterocycles. The minimum atomic E-state index is -1.08. The Kier molecular flexibility index (Phi) is 6.86. The number of carbonyl (C=O) groups is 2. The zero-order valence-electron chi connectivity index (χ0n) is 9.04. The maximum atomic E-state index is 9.64. The molecule has 0 aromatic carbocycles. The van der Waals surface area contributed by atoms with E-state index < -0.39 is 11.9 Å². The van der Waals surface area contributed by atoms with Crippen molar-refractivity contribution in [3.63, 3.8) is 0 Å². The van der Waals surface area contributed by atoms with E-state index in [-0.39, 0.29) is 19.1 Å². The van der Waals surface area contributed by atoms with E-state index >= 15 is 0 Å². The van der Waals surface area contributed by atoms with Gasteiger partial charge in [0, 0.05) is 6.54 Å². The summed E-state index contributed by atoms with van der Waals surface area (Å²) in [6, 6.07) is 0. The molecular formula is C9H16N2O5. The molecule has 1 aliphatic rings. The summed E-state index contributed by atoms with van der Waals surface area (Å²) in [5.74, 6) is -2.15. The first-order valence-electron chi connectivity index (χ1n) is 4.81. The number of aliphatic hydroxyl groups is 1. The van der Waals surface area contributed by atoms with Gasteiger partial charge >= 0.3 is 11.9 Å². The molecule has 0 amide bonds. The van der Waals surface area contributed by atoms with Crippen LogP contribution in [0.5, 0.6) is 0 Å². The molecule has 0 aromatic rings. The summed E-state index contributed by atoms with van der Waals surface area (Å²) in [4.78, 5) is 25.0. The SMILES string of the molecule is CC(O)N1C=NCC1.O=C(O)CCC(=O)O. The highest BCUT2D eigenvalue weighted by Crippen LogP contribution is 1.96. The number of aliphatic carboxylic acids is 2. The summed E-state index contributed by atoms with van der Waals surface area (Å²) < 4.78 is 0. The van der Waals surface area contributed by atoms with Gasteiger partial charge in [0.1, 0.15) is 6.23 Å². The molecule has 1 aliphatic heterocycles. The molecule has 7 nitrogen and oxygen atoms in total. The lowest BCUT2D eigenvalue weighted by molar-refractivity contribution is -0.143. The lowest BCUT2D eigenvalue weighted by Crippen LogP contribution is -2.29. The summed E-state index contributed by atoms with van der Waals surface area (Å²) in [6.45, 7) is 3.42. The minimum Gasteiger partial charge on any atom is -0.481 e. The third-order valence-electron chi connectivity index (χ3n) is 1.75. The molecular weight excluding hydrogens is 216 g/mol. The van der Waals surface area contributed by atoms with Crippen LogP contribution in [-0.2, 0) is 9.59 Å². The van der Waals surface area contributed by atoms with Gasteiger partial charge in [-0.3, -0.25) is 14.6 Å². The van der Waals surface area contributed by atoms with E-state index in [9.17, 15) is 9.59 Å². The van der Waals surface area contributed by atoms with Gasteiger partial charge in [-0.1, -0.05) is 0 Å². The molecule has 0 radical (unpaired) electrons. The second-order valence-corrected chi connectivity index (χ2v) is 3.18. The second kappa shape index (κ2) is 7.63. The van der Waals surface area contributed by atoms with Gasteiger partial charge < -0.3 is 20.2 Å². The summed E-state index contributed by atoms with van der Waals surface area (Å²) in [5.41, 5.74) is 0. The van der Waals surface area contributed by atoms with Crippen molar-refractivity contribution in [3.8, 4) is 0 Å². The lowest BCUT2D eigenvalue weighted by Gasteiger charge is -2.16. The van der Waals surface area contributed by atoms with E-state index in [1.165, 1.54) is 0 Å². The van der Waals surface area contributed by atoms with Gasteiger partial charge in [-0.05, 0) is 6.92 Å². The van der Waals surface area contributed by atoms with Crippen LogP contribution in [0.1, 0.15) is 19.8 Å². The maximum absolute atomic E-state index is 9.64. The van der Waals surface area contributed by atoms with Crippen LogP contribution < -0.4 is 0 Å². The van der Waals surface area contributed by atoms with Gasteiger partial charge in [0.2, 0.25) is 0 Å². The molecule has 0 spiro atoms. The summed E-state index contributed by atoms with van der Waals surface area (Å²) in [7, 11) is 0. The quantitative estimate of drug-likeness (QED) is 0.608. The van der Waals surface area contributed by atoms with Crippen LogP contribution in [0.4, 0.5) is 0 Å². The van der Waals surface area contributed by atoms with Crippen LogP contribution in [-0.4, -0.2) is 57.8 Å². The highest BCUT2D eigenvalue weighted by atomic mass is 16.4. The highest BCUT2D eigenvalue weighted by Gasteiger charge is 2.08. The molecule has 0 saturated carbocycles. The van der Waals surface area contributed by atoms with E-state index in [0.29, 0.717) is 0 Å². The Morgan fingerprint density at radius 1 is 1.38 bits per heavy atom. The van der Waals surface area contributed by atoms with Gasteiger partial charge in [0.15, 0.2) is 0 Å². The molecule has 1 atom stereocenters. The van der Waals surface area contributed by atoms with Crippen LogP contribution >= 0.6 is 0 Å². The lowest BCUT2D eigenvalue weighted by atomic mass is 10.3. The van der Waals surface area contributed by atoms with Crippen molar-refractivity contribution in [2.45, 2.75) is 26.0 Å². The minimum absolute atomic E-state index is 0.296. The monoisotopic (exact) mass is 232 g/mol. The Morgan fingerprint density at radius 3 is 2.06 bits per heavy atom. The van der Waals surface area contributed by atoms with Crippen LogP contribution in [0.3, 0.4) is 0 Å². The van der Waals surface area contributed by atoms with Crippen molar-refractivity contribution < 1.29 is 24.9 Å². The van der Waals surface area contributed by atoms with Crippen molar-refractivity contribution in [1.29, 1.82) is 0 Å². The Labute approximate surface area is 93.0 Å². The number of aliphatic imine (C=N–C) groups is 1. The molecule has 1 rings (SSSR count). The smallest absolute Gasteiger partial charge is 0.303 e. The van der Waals surface area contributed by atoms with Gasteiger partial charge in [0.05, 0.1) is 25.7 Å². The van der Waals surface area contributed by atoms with Crippen molar-refractivity contribution in [2.75, 3.05) is 13.1 Å². The zero-order valence-corrected chi connectivity index (χ0v) is 9.04. The molecule has 1 unspecified atom stereocenters. The molecule has 7 heteroatoms. The Hall–Kier alpha value is -1.63. The van der Waals surface area contributed by atoms with Crippen LogP contribution in [0.15, 0.2) is 4.99 Å². The van der Waals surface area contributed by atoms with Gasteiger partial charge in [-0.15, -0.1) is 0 Å². The number of nitrogens with zero attached hydrogens (tertiary/aromatic N) is 2. The van der Waals surface area contributed by atoms with E-state index in [1.807, 2.05) is 0 Å². The van der Waals surface area contributed by atoms with E-state index in [0.717, 1.165) is 13.1 Å². The van der Waals surface area contributed by atoms with Crippen molar-refractivity contribution >= 4 is 18.3 Å². The number of carboxylic acids is 2. The zero-order chi connectivity index (χ0) is 12.6. The Bertz CT molecular complexity index is 251. The van der Waals surface area contributed by atoms with Crippen LogP contribution in [0.25, 0.3) is 0 Å². The fourth-order valence-electron chi connectivity index (χ4n) is 0.891. The fourth-order valence-corrected chi connectivity index (χ4v) is 0.891. The highest BCUT2D eigenvalue weighted by molar-refractivity contribution is 5.75. The maximum Gasteiger partial charge on any atom is 0.303 e. The van der Waals surface area contributed by atoms with Gasteiger partial charge in [0.25, 0.3) is 0 Å². The number of hydrogen-bond acceptors (Lipinski definition) is 5. The van der Waals surface area contributed by atoms with Crippen molar-refractivity contribution in [3.05, 3.63) is 0 Å². The average molecular weight is 232 g/mol. The predicted octanol–water partition coefficient (Wildman–Crippen LogP) is -0.396. The van der Waals surface area contributed by atoms with Crippen molar-refractivity contribution in [1.82, 2.24) is 4.90 Å². The standard InChI is InChI=1S/C5H10N2O.C4H6O4/c1-5(8)7-3-2-6-4-7;5-3(6)1-2-4(7)8/h4-5,8H,2-3H2,1H3;1-2H2,(H,5,6)(H,7,8). The molecule has 1 heterocycles. The van der Waals surface area contributed by atoms with Gasteiger partial charge in [-0.2, -0.15) is 0 Å². The first-order chi connectivity index (χ1) is 7.43. The van der Waals surface area contributed by atoms with Crippen LogP contribution in [0.2, 0.25) is 0 Å². The molecule has 0 fully saturated rings. The Morgan fingerprint density at radius 2 is 1.88 bits per heavy atom. The molecule has 0 aliphatic carbocycles. The average Bonchev–Trinajstić information content (AvgIpc) is 2.68. The molecule has 0 aromatic heterocycles. The predicted molar refractivity (Wildman–Crippen MR) is 56.3 cm³/mol. The normalized spacial score (nSPS) is 15.2. The second-order valence-electron chi connectivity index (χ2n) is 3.18. The van der Waals surface area contributed by atoms with Crippen LogP contribution in [0, 0.1) is 0 Å².